The van der Waals surface area contributed by atoms with E-state index in [-0.39, 0.29) is 18.9 Å². The van der Waals surface area contributed by atoms with Gasteiger partial charge < -0.3 is 40.3 Å². The Morgan fingerprint density at radius 2 is 1.05 bits per heavy atom. The standard InChI is InChI=1S/C50H85NO8/c1-3-5-7-9-11-13-15-17-19-20-21-22-23-24-26-28-30-32-34-36-38-40-46(54)51-43(42-58-50-49(57)48(56)47(55)45(41-52)59-50)44(53)39-37-35-33-31-29-27-25-18-16-14-12-10-8-6-4-2/h5,7,11,13,17,19,21-22,24,26,30,32,37,39,43-45,47-50,52-53,55-57H,3-4,6,8-10,12,14-16,18,20,23,25,27-29,31,33-36,38,40-42H2,1-2H3,(H,51,54)/b7-5-,13-11-,19-17-,22-21-,26-24-,32-30-,39-37+. The van der Waals surface area contributed by atoms with Gasteiger partial charge in [0, 0.05) is 6.42 Å². The predicted molar refractivity (Wildman–Crippen MR) is 244 cm³/mol. The summed E-state index contributed by atoms with van der Waals surface area (Å²) in [6, 6.07) is -0.832. The van der Waals surface area contributed by atoms with Crippen molar-refractivity contribution in [3.8, 4) is 0 Å². The van der Waals surface area contributed by atoms with Gasteiger partial charge in [-0.15, -0.1) is 0 Å². The minimum Gasteiger partial charge on any atom is -0.394 e. The molecule has 1 saturated heterocycles. The molecule has 0 radical (unpaired) electrons. The van der Waals surface area contributed by atoms with Gasteiger partial charge in [0.25, 0.3) is 0 Å². The van der Waals surface area contributed by atoms with E-state index >= 15 is 0 Å². The van der Waals surface area contributed by atoms with Gasteiger partial charge >= 0.3 is 0 Å². The Bertz CT molecular complexity index is 1190. The molecule has 0 spiro atoms. The van der Waals surface area contributed by atoms with E-state index in [0.717, 1.165) is 70.6 Å². The van der Waals surface area contributed by atoms with Crippen molar-refractivity contribution in [1.82, 2.24) is 5.32 Å². The highest BCUT2D eigenvalue weighted by molar-refractivity contribution is 5.76. The lowest BCUT2D eigenvalue weighted by atomic mass is 9.99. The van der Waals surface area contributed by atoms with E-state index in [1.54, 1.807) is 6.08 Å². The molecular formula is C50H85NO8. The van der Waals surface area contributed by atoms with Gasteiger partial charge in [-0.25, -0.2) is 0 Å². The first-order chi connectivity index (χ1) is 28.8. The summed E-state index contributed by atoms with van der Waals surface area (Å²) in [5.41, 5.74) is 0. The predicted octanol–water partition coefficient (Wildman–Crippen LogP) is 9.94. The van der Waals surface area contributed by atoms with Crippen LogP contribution in [0.5, 0.6) is 0 Å². The number of aliphatic hydroxyl groups is 5. The Morgan fingerprint density at radius 1 is 0.593 bits per heavy atom. The van der Waals surface area contributed by atoms with E-state index in [4.69, 9.17) is 9.47 Å². The Kier molecular flexibility index (Phi) is 36.4. The fourth-order valence-corrected chi connectivity index (χ4v) is 6.75. The van der Waals surface area contributed by atoms with Crippen molar-refractivity contribution in [3.05, 3.63) is 85.1 Å². The molecule has 1 aliphatic rings. The number of carbonyl (C=O) groups excluding carboxylic acids is 1. The van der Waals surface area contributed by atoms with E-state index in [2.05, 4.69) is 92.1 Å². The van der Waals surface area contributed by atoms with Crippen LogP contribution in [0.2, 0.25) is 0 Å². The van der Waals surface area contributed by atoms with Crippen LogP contribution in [-0.2, 0) is 14.3 Å². The summed E-state index contributed by atoms with van der Waals surface area (Å²) in [5, 5.41) is 54.2. The van der Waals surface area contributed by atoms with Crippen LogP contribution in [-0.4, -0.2) is 87.5 Å². The van der Waals surface area contributed by atoms with Gasteiger partial charge in [0.1, 0.15) is 24.4 Å². The van der Waals surface area contributed by atoms with Crippen molar-refractivity contribution in [1.29, 1.82) is 0 Å². The zero-order valence-electron chi connectivity index (χ0n) is 37.0. The summed E-state index contributed by atoms with van der Waals surface area (Å²) in [6.07, 6.45) is 47.6. The molecule has 59 heavy (non-hydrogen) atoms. The average molecular weight is 828 g/mol. The fraction of sp³-hybridized carbons (Fsp3) is 0.700. The number of hydrogen-bond acceptors (Lipinski definition) is 8. The fourth-order valence-electron chi connectivity index (χ4n) is 6.75. The number of unbranched alkanes of at least 4 members (excludes halogenated alkanes) is 15. The van der Waals surface area contributed by atoms with E-state index in [9.17, 15) is 30.3 Å². The summed E-state index contributed by atoms with van der Waals surface area (Å²) >= 11 is 0. The van der Waals surface area contributed by atoms with Crippen molar-refractivity contribution in [2.75, 3.05) is 13.2 Å². The van der Waals surface area contributed by atoms with Gasteiger partial charge in [-0.05, 0) is 70.6 Å². The lowest BCUT2D eigenvalue weighted by Gasteiger charge is -2.40. The molecule has 0 aromatic carbocycles. The van der Waals surface area contributed by atoms with Crippen molar-refractivity contribution < 1.29 is 39.8 Å². The van der Waals surface area contributed by atoms with E-state index in [1.807, 2.05) is 6.08 Å². The molecule has 9 heteroatoms. The Labute approximate surface area is 359 Å². The molecule has 1 fully saturated rings. The van der Waals surface area contributed by atoms with Gasteiger partial charge in [-0.3, -0.25) is 4.79 Å². The summed E-state index contributed by atoms with van der Waals surface area (Å²) < 4.78 is 11.2. The third kappa shape index (κ3) is 30.1. The van der Waals surface area contributed by atoms with Crippen LogP contribution in [0.3, 0.4) is 0 Å². The summed E-state index contributed by atoms with van der Waals surface area (Å²) in [4.78, 5) is 13.0. The Hall–Kier alpha value is -2.63. The first kappa shape index (κ1) is 54.4. The number of ether oxygens (including phenoxy) is 2. The van der Waals surface area contributed by atoms with Gasteiger partial charge in [-0.1, -0.05) is 176 Å². The maximum absolute atomic E-state index is 13.0. The maximum atomic E-state index is 13.0. The minimum atomic E-state index is -1.58. The van der Waals surface area contributed by atoms with Crippen molar-refractivity contribution in [2.45, 2.75) is 211 Å². The Morgan fingerprint density at radius 3 is 1.56 bits per heavy atom. The molecule has 6 N–H and O–H groups in total. The molecule has 7 unspecified atom stereocenters. The first-order valence-corrected chi connectivity index (χ1v) is 23.3. The third-order valence-electron chi connectivity index (χ3n) is 10.5. The maximum Gasteiger partial charge on any atom is 0.220 e. The second-order valence-corrected chi connectivity index (χ2v) is 15.8. The highest BCUT2D eigenvalue weighted by Gasteiger charge is 2.44. The highest BCUT2D eigenvalue weighted by Crippen LogP contribution is 2.22. The molecular weight excluding hydrogens is 743 g/mol. The normalized spacial score (nSPS) is 21.5. The molecule has 7 atom stereocenters. The van der Waals surface area contributed by atoms with E-state index in [1.165, 1.54) is 70.6 Å². The van der Waals surface area contributed by atoms with Crippen LogP contribution in [0.1, 0.15) is 168 Å². The lowest BCUT2D eigenvalue weighted by Crippen LogP contribution is -2.60. The minimum absolute atomic E-state index is 0.211. The van der Waals surface area contributed by atoms with Crippen molar-refractivity contribution >= 4 is 5.91 Å². The van der Waals surface area contributed by atoms with Crippen molar-refractivity contribution in [2.24, 2.45) is 0 Å². The first-order valence-electron chi connectivity index (χ1n) is 23.3. The topological polar surface area (TPSA) is 149 Å². The molecule has 0 aromatic rings. The molecule has 1 heterocycles. The van der Waals surface area contributed by atoms with Crippen LogP contribution in [0.15, 0.2) is 85.1 Å². The number of hydrogen-bond donors (Lipinski definition) is 6. The van der Waals surface area contributed by atoms with Crippen LogP contribution in [0.25, 0.3) is 0 Å². The number of nitrogens with one attached hydrogen (secondary N) is 1. The van der Waals surface area contributed by atoms with Crippen molar-refractivity contribution in [3.63, 3.8) is 0 Å². The average Bonchev–Trinajstić information content (AvgIpc) is 3.23. The molecule has 1 amide bonds. The lowest BCUT2D eigenvalue weighted by molar-refractivity contribution is -0.302. The van der Waals surface area contributed by atoms with E-state index < -0.39 is 49.5 Å². The summed E-state index contributed by atoms with van der Waals surface area (Å²) in [5.74, 6) is -0.223. The molecule has 9 nitrogen and oxygen atoms in total. The second-order valence-electron chi connectivity index (χ2n) is 15.8. The monoisotopic (exact) mass is 828 g/mol. The third-order valence-corrected chi connectivity index (χ3v) is 10.5. The number of rotatable bonds is 37. The summed E-state index contributed by atoms with van der Waals surface area (Å²) in [7, 11) is 0. The Balaban J connectivity index is 2.40. The molecule has 0 aliphatic carbocycles. The van der Waals surface area contributed by atoms with Gasteiger partial charge in [0.15, 0.2) is 6.29 Å². The molecule has 1 aliphatic heterocycles. The molecule has 338 valence electrons. The quantitative estimate of drug-likeness (QED) is 0.0268. The van der Waals surface area contributed by atoms with E-state index in [0.29, 0.717) is 6.42 Å². The number of carbonyl (C=O) groups is 1. The molecule has 0 bridgehead atoms. The van der Waals surface area contributed by atoms with Gasteiger partial charge in [0.2, 0.25) is 5.91 Å². The molecule has 1 rings (SSSR count). The van der Waals surface area contributed by atoms with Crippen LogP contribution in [0, 0.1) is 0 Å². The number of amides is 1. The zero-order chi connectivity index (χ0) is 43.0. The van der Waals surface area contributed by atoms with Crippen LogP contribution in [0.4, 0.5) is 0 Å². The van der Waals surface area contributed by atoms with Gasteiger partial charge in [-0.2, -0.15) is 0 Å². The molecule has 0 saturated carbocycles. The summed E-state index contributed by atoms with van der Waals surface area (Å²) in [6.45, 7) is 3.61. The van der Waals surface area contributed by atoms with Gasteiger partial charge in [0.05, 0.1) is 25.4 Å². The molecule has 0 aromatic heterocycles. The van der Waals surface area contributed by atoms with Crippen LogP contribution < -0.4 is 5.32 Å². The highest BCUT2D eigenvalue weighted by atomic mass is 16.7. The number of allylic oxidation sites excluding steroid dienone is 13. The zero-order valence-corrected chi connectivity index (χ0v) is 37.0. The van der Waals surface area contributed by atoms with Crippen LogP contribution >= 0.6 is 0 Å². The number of aliphatic hydroxyl groups excluding tert-OH is 5. The smallest absolute Gasteiger partial charge is 0.220 e. The SMILES string of the molecule is CC/C=C\C/C=C\C/C=C\C/C=C\C/C=C\C/C=C\CCCCC(=O)NC(COC1OC(CO)C(O)C(O)C1O)C(O)/C=C/CCCCCCCCCCCCCCC. The largest absolute Gasteiger partial charge is 0.394 e. The second kappa shape index (κ2) is 39.5.